The van der Waals surface area contributed by atoms with E-state index in [1.807, 2.05) is 0 Å². The first-order valence-corrected chi connectivity index (χ1v) is 11.5. The molecule has 0 heterocycles. The van der Waals surface area contributed by atoms with Crippen LogP contribution in [0.2, 0.25) is 0 Å². The Morgan fingerprint density at radius 1 is 0.946 bits per heavy atom. The van der Waals surface area contributed by atoms with Gasteiger partial charge in [-0.25, -0.2) is 0 Å². The lowest BCUT2D eigenvalue weighted by molar-refractivity contribution is -0.396. The number of halogens is 5. The van der Waals surface area contributed by atoms with E-state index in [1.165, 1.54) is 43.5 Å². The van der Waals surface area contributed by atoms with E-state index in [0.29, 0.717) is 15.8 Å². The van der Waals surface area contributed by atoms with Crippen LogP contribution in [0.4, 0.5) is 24.5 Å². The number of nitro groups is 2. The van der Waals surface area contributed by atoms with Crippen molar-refractivity contribution in [1.29, 1.82) is 0 Å². The summed E-state index contributed by atoms with van der Waals surface area (Å²) < 4.78 is 50.8. The number of allylic oxidation sites excluding steroid dienone is 1. The van der Waals surface area contributed by atoms with E-state index in [0.717, 1.165) is 0 Å². The molecular formula is C23H13Br2F3N2O7. The Morgan fingerprint density at radius 2 is 1.51 bits per heavy atom. The Bertz CT molecular complexity index is 1390. The monoisotopic (exact) mass is 644 g/mol. The van der Waals surface area contributed by atoms with Crippen molar-refractivity contribution < 1.29 is 37.3 Å². The fourth-order valence-electron chi connectivity index (χ4n) is 3.07. The van der Waals surface area contributed by atoms with Crippen LogP contribution in [-0.2, 0) is 6.18 Å². The number of carbonyl (C=O) groups excluding carboxylic acids is 1. The van der Waals surface area contributed by atoms with E-state index in [-0.39, 0.29) is 27.9 Å². The first-order chi connectivity index (χ1) is 17.3. The second-order valence-corrected chi connectivity index (χ2v) is 8.96. The van der Waals surface area contributed by atoms with Crippen molar-refractivity contribution >= 4 is 55.1 Å². The minimum absolute atomic E-state index is 0.131. The third-order valence-corrected chi connectivity index (χ3v) is 5.85. The molecule has 0 bridgehead atoms. The van der Waals surface area contributed by atoms with Crippen molar-refractivity contribution in [3.05, 3.63) is 100 Å². The van der Waals surface area contributed by atoms with Crippen molar-refractivity contribution in [3.8, 4) is 17.2 Å². The molecule has 14 heteroatoms. The van der Waals surface area contributed by atoms with Gasteiger partial charge in [-0.3, -0.25) is 25.0 Å². The van der Waals surface area contributed by atoms with E-state index >= 15 is 0 Å². The number of ketones is 1. The molecular weight excluding hydrogens is 633 g/mol. The minimum atomic E-state index is -5.08. The van der Waals surface area contributed by atoms with Crippen LogP contribution in [0.15, 0.2) is 63.6 Å². The summed E-state index contributed by atoms with van der Waals surface area (Å²) >= 11 is 6.43. The smallest absolute Gasteiger partial charge is 0.416 e. The Hall–Kier alpha value is -3.78. The van der Waals surface area contributed by atoms with E-state index < -0.39 is 44.5 Å². The zero-order chi connectivity index (χ0) is 27.5. The second-order valence-electron chi connectivity index (χ2n) is 7.19. The van der Waals surface area contributed by atoms with Crippen molar-refractivity contribution in [2.45, 2.75) is 6.18 Å². The van der Waals surface area contributed by atoms with Crippen LogP contribution in [0.1, 0.15) is 21.5 Å². The molecule has 3 aromatic rings. The Labute approximate surface area is 223 Å². The van der Waals surface area contributed by atoms with Crippen LogP contribution in [0.3, 0.4) is 0 Å². The largest absolute Gasteiger partial charge is 0.497 e. The summed E-state index contributed by atoms with van der Waals surface area (Å²) in [7, 11) is 1.47. The van der Waals surface area contributed by atoms with E-state index in [4.69, 9.17) is 9.47 Å². The maximum Gasteiger partial charge on any atom is 0.416 e. The van der Waals surface area contributed by atoms with Crippen molar-refractivity contribution in [1.82, 2.24) is 0 Å². The number of nitrogens with zero attached hydrogens (tertiary/aromatic N) is 2. The highest BCUT2D eigenvalue weighted by atomic mass is 79.9. The molecule has 0 radical (unpaired) electrons. The SMILES string of the molecule is COc1ccc(C(=O)/C=C/c2cc(Br)cc(Br)c2Oc2c([N+](=O)[O-])cc(C(F)(F)F)cc2[N+](=O)[O-])cc1. The average Bonchev–Trinajstić information content (AvgIpc) is 2.83. The lowest BCUT2D eigenvalue weighted by Gasteiger charge is -2.14. The zero-order valence-corrected chi connectivity index (χ0v) is 21.6. The zero-order valence-electron chi connectivity index (χ0n) is 18.4. The summed E-state index contributed by atoms with van der Waals surface area (Å²) in [5, 5.41) is 23.1. The molecule has 3 rings (SSSR count). The van der Waals surface area contributed by atoms with E-state index in [2.05, 4.69) is 31.9 Å². The summed E-state index contributed by atoms with van der Waals surface area (Å²) in [5.41, 5.74) is -3.67. The quantitative estimate of drug-likeness (QED) is 0.106. The van der Waals surface area contributed by atoms with Gasteiger partial charge in [-0.2, -0.15) is 13.2 Å². The van der Waals surface area contributed by atoms with E-state index in [9.17, 15) is 38.2 Å². The van der Waals surface area contributed by atoms with Gasteiger partial charge in [-0.05, 0) is 64.5 Å². The molecule has 0 N–H and O–H groups in total. The standard InChI is InChI=1S/C23H13Br2F3N2O7/c1-36-16-5-2-12(3-6-16)20(31)7-4-13-8-15(24)11-17(25)21(13)37-22-18(29(32)33)9-14(23(26,27)28)10-19(22)30(34)35/h2-11H,1H3/b7-4+. The highest BCUT2D eigenvalue weighted by Gasteiger charge is 2.39. The van der Waals surface area contributed by atoms with Crippen molar-refractivity contribution in [2.75, 3.05) is 7.11 Å². The second kappa shape index (κ2) is 11.1. The Kier molecular flexibility index (Phi) is 8.33. The number of hydrogen-bond acceptors (Lipinski definition) is 7. The van der Waals surface area contributed by atoms with E-state index in [1.54, 1.807) is 12.1 Å². The molecule has 0 amide bonds. The van der Waals surface area contributed by atoms with Crippen LogP contribution >= 0.6 is 31.9 Å². The predicted octanol–water partition coefficient (Wildman–Crippen LogP) is 7.74. The van der Waals surface area contributed by atoms with Crippen molar-refractivity contribution in [2.24, 2.45) is 0 Å². The lowest BCUT2D eigenvalue weighted by Crippen LogP contribution is -2.08. The topological polar surface area (TPSA) is 122 Å². The molecule has 0 atom stereocenters. The van der Waals surface area contributed by atoms with Crippen LogP contribution < -0.4 is 9.47 Å². The number of rotatable bonds is 8. The van der Waals surface area contributed by atoms with Gasteiger partial charge in [-0.1, -0.05) is 15.9 Å². The fourth-order valence-corrected chi connectivity index (χ4v) is 4.41. The molecule has 0 aliphatic rings. The molecule has 192 valence electrons. The molecule has 0 aliphatic heterocycles. The maximum absolute atomic E-state index is 13.2. The van der Waals surface area contributed by atoms with Gasteiger partial charge >= 0.3 is 17.6 Å². The number of nitro benzene ring substituents is 2. The normalized spacial score (nSPS) is 11.4. The van der Waals surface area contributed by atoms with Gasteiger partial charge in [0.1, 0.15) is 11.5 Å². The molecule has 37 heavy (non-hydrogen) atoms. The first-order valence-electron chi connectivity index (χ1n) is 9.89. The highest BCUT2D eigenvalue weighted by molar-refractivity contribution is 9.11. The summed E-state index contributed by atoms with van der Waals surface area (Å²) in [4.78, 5) is 33.3. The van der Waals surface area contributed by atoms with Gasteiger partial charge < -0.3 is 9.47 Å². The summed E-state index contributed by atoms with van der Waals surface area (Å²) in [5.74, 6) is -1.13. The van der Waals surface area contributed by atoms with Crippen LogP contribution in [-0.4, -0.2) is 22.7 Å². The molecule has 3 aromatic carbocycles. The molecule has 0 aliphatic carbocycles. The Balaban J connectivity index is 2.11. The number of carbonyl (C=O) groups is 1. The Morgan fingerprint density at radius 3 is 2.00 bits per heavy atom. The molecule has 9 nitrogen and oxygen atoms in total. The maximum atomic E-state index is 13.2. The number of ether oxygens (including phenoxy) is 2. The number of alkyl halides is 3. The lowest BCUT2D eigenvalue weighted by atomic mass is 10.1. The molecule has 0 fully saturated rings. The average molecular weight is 646 g/mol. The van der Waals surface area contributed by atoms with Crippen LogP contribution in [0, 0.1) is 20.2 Å². The summed E-state index contributed by atoms with van der Waals surface area (Å²) in [6.07, 6.45) is -2.63. The molecule has 0 saturated heterocycles. The van der Waals surface area contributed by atoms with Gasteiger partial charge in [0.05, 0.1) is 27.0 Å². The summed E-state index contributed by atoms with van der Waals surface area (Å²) in [6.45, 7) is 0. The van der Waals surface area contributed by atoms with Gasteiger partial charge in [0.25, 0.3) is 5.75 Å². The number of benzene rings is 3. The fraction of sp³-hybridized carbons (Fsp3) is 0.0870. The van der Waals surface area contributed by atoms with Gasteiger partial charge in [0.15, 0.2) is 5.78 Å². The first kappa shape index (κ1) is 27.8. The van der Waals surface area contributed by atoms with Gasteiger partial charge in [0, 0.05) is 27.7 Å². The van der Waals surface area contributed by atoms with Gasteiger partial charge in [0.2, 0.25) is 0 Å². The minimum Gasteiger partial charge on any atom is -0.497 e. The predicted molar refractivity (Wildman–Crippen MR) is 133 cm³/mol. The summed E-state index contributed by atoms with van der Waals surface area (Å²) in [6, 6.07) is 9.39. The molecule has 0 unspecified atom stereocenters. The third-order valence-electron chi connectivity index (χ3n) is 4.80. The number of hydrogen-bond donors (Lipinski definition) is 0. The molecule has 0 spiro atoms. The van der Waals surface area contributed by atoms with Crippen molar-refractivity contribution in [3.63, 3.8) is 0 Å². The van der Waals surface area contributed by atoms with Crippen LogP contribution in [0.5, 0.6) is 17.2 Å². The molecule has 0 saturated carbocycles. The third kappa shape index (κ3) is 6.51. The van der Waals surface area contributed by atoms with Gasteiger partial charge in [-0.15, -0.1) is 0 Å². The molecule has 0 aromatic heterocycles. The van der Waals surface area contributed by atoms with Crippen LogP contribution in [0.25, 0.3) is 6.08 Å². The highest BCUT2D eigenvalue weighted by Crippen LogP contribution is 2.47. The number of methoxy groups -OCH3 is 1.